The minimum absolute atomic E-state index is 0.126. The Bertz CT molecular complexity index is 1290. The SMILES string of the molecule is Cc1cc(S(=O)(=O)Nc2cncc(-c3ccc(C(=O)NCC(=O)O)cc3)c2)c(C)cc1Cl. The predicted octanol–water partition coefficient (Wildman–Crippen LogP) is 3.63. The molecule has 3 aromatic rings. The highest BCUT2D eigenvalue weighted by molar-refractivity contribution is 7.92. The van der Waals surface area contributed by atoms with E-state index >= 15 is 0 Å². The van der Waals surface area contributed by atoms with Crippen molar-refractivity contribution in [1.29, 1.82) is 0 Å². The number of sulfonamides is 1. The van der Waals surface area contributed by atoms with Crippen molar-refractivity contribution in [2.24, 2.45) is 0 Å². The van der Waals surface area contributed by atoms with E-state index in [1.807, 2.05) is 0 Å². The third kappa shape index (κ3) is 5.43. The van der Waals surface area contributed by atoms with Crippen molar-refractivity contribution in [3.8, 4) is 11.1 Å². The van der Waals surface area contributed by atoms with E-state index in [1.165, 1.54) is 12.3 Å². The van der Waals surface area contributed by atoms with Crippen molar-refractivity contribution in [3.05, 3.63) is 76.6 Å². The number of anilines is 1. The predicted molar refractivity (Wildman–Crippen MR) is 121 cm³/mol. The van der Waals surface area contributed by atoms with Gasteiger partial charge in [-0.05, 0) is 60.9 Å². The van der Waals surface area contributed by atoms with Crippen molar-refractivity contribution >= 4 is 39.2 Å². The number of amides is 1. The molecule has 0 fully saturated rings. The Hall–Kier alpha value is -3.43. The number of rotatable bonds is 7. The molecule has 0 spiro atoms. The van der Waals surface area contributed by atoms with Crippen LogP contribution < -0.4 is 10.0 Å². The molecule has 10 heteroatoms. The number of nitrogens with one attached hydrogen (secondary N) is 2. The maximum atomic E-state index is 12.9. The Morgan fingerprint density at radius 2 is 1.69 bits per heavy atom. The number of carboxylic acid groups (broad SMARTS) is 1. The lowest BCUT2D eigenvalue weighted by Gasteiger charge is -2.13. The summed E-state index contributed by atoms with van der Waals surface area (Å²) in [6.45, 7) is 2.93. The summed E-state index contributed by atoms with van der Waals surface area (Å²) in [4.78, 5) is 26.7. The number of benzene rings is 2. The standard InChI is InChI=1S/C22H20ClN3O5S/c1-13-8-20(14(2)7-19(13)23)32(30,31)26-18-9-17(10-24-11-18)15-3-5-16(6-4-15)22(29)25-12-21(27)28/h3-11,26H,12H2,1-2H3,(H,25,29)(H,27,28). The van der Waals surface area contributed by atoms with E-state index in [2.05, 4.69) is 15.0 Å². The molecule has 166 valence electrons. The lowest BCUT2D eigenvalue weighted by molar-refractivity contribution is -0.135. The van der Waals surface area contributed by atoms with Gasteiger partial charge in [-0.2, -0.15) is 0 Å². The summed E-state index contributed by atoms with van der Waals surface area (Å²) in [6.07, 6.45) is 2.96. The van der Waals surface area contributed by atoms with Gasteiger partial charge in [-0.25, -0.2) is 8.42 Å². The molecule has 3 rings (SSSR count). The molecule has 32 heavy (non-hydrogen) atoms. The average Bonchev–Trinajstić information content (AvgIpc) is 2.74. The summed E-state index contributed by atoms with van der Waals surface area (Å²) < 4.78 is 28.3. The summed E-state index contributed by atoms with van der Waals surface area (Å²) in [6, 6.07) is 11.2. The van der Waals surface area contributed by atoms with Crippen LogP contribution >= 0.6 is 11.6 Å². The van der Waals surface area contributed by atoms with Gasteiger partial charge >= 0.3 is 5.97 Å². The van der Waals surface area contributed by atoms with Crippen molar-refractivity contribution in [3.63, 3.8) is 0 Å². The number of halogens is 1. The first-order valence-corrected chi connectivity index (χ1v) is 11.3. The molecule has 3 N–H and O–H groups in total. The van der Waals surface area contributed by atoms with Gasteiger partial charge in [0.15, 0.2) is 0 Å². The topological polar surface area (TPSA) is 125 Å². The number of carboxylic acids is 1. The summed E-state index contributed by atoms with van der Waals surface area (Å²) in [5, 5.41) is 11.4. The van der Waals surface area contributed by atoms with E-state index in [9.17, 15) is 18.0 Å². The molecule has 0 aliphatic rings. The maximum absolute atomic E-state index is 12.9. The Kier molecular flexibility index (Phi) is 6.81. The normalized spacial score (nSPS) is 11.1. The van der Waals surface area contributed by atoms with Crippen LogP contribution in [0.25, 0.3) is 11.1 Å². The largest absolute Gasteiger partial charge is 0.480 e. The van der Waals surface area contributed by atoms with E-state index in [4.69, 9.17) is 16.7 Å². The third-order valence-electron chi connectivity index (χ3n) is 4.62. The highest BCUT2D eigenvalue weighted by atomic mass is 35.5. The average molecular weight is 474 g/mol. The molecule has 0 aliphatic carbocycles. The van der Waals surface area contributed by atoms with Crippen molar-refractivity contribution in [2.45, 2.75) is 18.7 Å². The molecule has 8 nitrogen and oxygen atoms in total. The van der Waals surface area contributed by atoms with Crippen molar-refractivity contribution in [1.82, 2.24) is 10.3 Å². The zero-order chi connectivity index (χ0) is 23.5. The second kappa shape index (κ2) is 9.37. The zero-order valence-electron chi connectivity index (χ0n) is 17.2. The van der Waals surface area contributed by atoms with Crippen LogP contribution in [0.1, 0.15) is 21.5 Å². The van der Waals surface area contributed by atoms with Gasteiger partial charge in [0.25, 0.3) is 15.9 Å². The summed E-state index contributed by atoms with van der Waals surface area (Å²) in [5.41, 5.74) is 3.08. The first kappa shape index (κ1) is 23.2. The molecule has 0 saturated carbocycles. The number of hydrogen-bond acceptors (Lipinski definition) is 5. The van der Waals surface area contributed by atoms with Crippen molar-refractivity contribution in [2.75, 3.05) is 11.3 Å². The number of carbonyl (C=O) groups excluding carboxylic acids is 1. The zero-order valence-corrected chi connectivity index (χ0v) is 18.8. The van der Waals surface area contributed by atoms with E-state index in [0.717, 1.165) is 0 Å². The number of aromatic nitrogens is 1. The molecule has 0 saturated heterocycles. The number of nitrogens with zero attached hydrogens (tertiary/aromatic N) is 1. The molecule has 1 heterocycles. The Morgan fingerprint density at radius 1 is 1.00 bits per heavy atom. The van der Waals surface area contributed by atoms with Gasteiger partial charge in [-0.1, -0.05) is 23.7 Å². The molecule has 0 radical (unpaired) electrons. The van der Waals surface area contributed by atoms with E-state index in [0.29, 0.717) is 32.8 Å². The highest BCUT2D eigenvalue weighted by Gasteiger charge is 2.19. The molecule has 0 unspecified atom stereocenters. The van der Waals surface area contributed by atoms with Crippen LogP contribution in [0.5, 0.6) is 0 Å². The second-order valence-corrected chi connectivity index (χ2v) is 9.15. The number of aryl methyl sites for hydroxylation is 2. The van der Waals surface area contributed by atoms with E-state index in [1.54, 1.807) is 56.4 Å². The lowest BCUT2D eigenvalue weighted by atomic mass is 10.1. The van der Waals surface area contributed by atoms with Gasteiger partial charge in [0.1, 0.15) is 6.54 Å². The van der Waals surface area contributed by atoms with Gasteiger partial charge < -0.3 is 10.4 Å². The van der Waals surface area contributed by atoms with Gasteiger partial charge in [0.2, 0.25) is 0 Å². The third-order valence-corrected chi connectivity index (χ3v) is 6.55. The molecule has 1 amide bonds. The number of carbonyl (C=O) groups is 2. The summed E-state index contributed by atoms with van der Waals surface area (Å²) in [7, 11) is -3.86. The summed E-state index contributed by atoms with van der Waals surface area (Å²) in [5.74, 6) is -1.64. The molecule has 0 aliphatic heterocycles. The first-order chi connectivity index (χ1) is 15.1. The molecule has 2 aromatic carbocycles. The fraction of sp³-hybridized carbons (Fsp3) is 0.136. The molecule has 1 aromatic heterocycles. The molecule has 0 atom stereocenters. The molecular formula is C22H20ClN3O5S. The lowest BCUT2D eigenvalue weighted by Crippen LogP contribution is -2.29. The highest BCUT2D eigenvalue weighted by Crippen LogP contribution is 2.27. The van der Waals surface area contributed by atoms with Gasteiger partial charge in [0.05, 0.1) is 16.8 Å². The Labute approximate surface area is 190 Å². The van der Waals surface area contributed by atoms with E-state index in [-0.39, 0.29) is 10.6 Å². The fourth-order valence-electron chi connectivity index (χ4n) is 2.98. The van der Waals surface area contributed by atoms with Gasteiger partial charge in [0, 0.05) is 22.3 Å². The van der Waals surface area contributed by atoms with Crippen LogP contribution in [0.15, 0.2) is 59.8 Å². The fourth-order valence-corrected chi connectivity index (χ4v) is 4.54. The quantitative estimate of drug-likeness (QED) is 0.481. The summed E-state index contributed by atoms with van der Waals surface area (Å²) >= 11 is 6.07. The maximum Gasteiger partial charge on any atom is 0.322 e. The Morgan fingerprint density at radius 3 is 2.34 bits per heavy atom. The molecular weight excluding hydrogens is 454 g/mol. The second-order valence-electron chi connectivity index (χ2n) is 7.09. The number of pyridine rings is 1. The molecule has 0 bridgehead atoms. The smallest absolute Gasteiger partial charge is 0.322 e. The minimum atomic E-state index is -3.86. The monoisotopic (exact) mass is 473 g/mol. The van der Waals surface area contributed by atoms with Crippen LogP contribution in [-0.4, -0.2) is 36.9 Å². The van der Waals surface area contributed by atoms with Crippen LogP contribution in [0.3, 0.4) is 0 Å². The number of hydrogen-bond donors (Lipinski definition) is 3. The Balaban J connectivity index is 1.82. The first-order valence-electron chi connectivity index (χ1n) is 9.42. The van der Waals surface area contributed by atoms with Crippen LogP contribution in [-0.2, 0) is 14.8 Å². The minimum Gasteiger partial charge on any atom is -0.480 e. The van der Waals surface area contributed by atoms with E-state index < -0.39 is 28.4 Å². The van der Waals surface area contributed by atoms with Crippen LogP contribution in [0.2, 0.25) is 5.02 Å². The van der Waals surface area contributed by atoms with Crippen LogP contribution in [0.4, 0.5) is 5.69 Å². The van der Waals surface area contributed by atoms with Gasteiger partial charge in [-0.15, -0.1) is 0 Å². The van der Waals surface area contributed by atoms with Crippen LogP contribution in [0, 0.1) is 13.8 Å². The van der Waals surface area contributed by atoms with Crippen molar-refractivity contribution < 1.29 is 23.1 Å². The van der Waals surface area contributed by atoms with Gasteiger partial charge in [-0.3, -0.25) is 19.3 Å². The number of aliphatic carboxylic acids is 1.